The van der Waals surface area contributed by atoms with Crippen LogP contribution in [0.4, 0.5) is 0 Å². The number of hydrogen-bond acceptors (Lipinski definition) is 3. The number of esters is 1. The normalized spacial score (nSPS) is 21.9. The van der Waals surface area contributed by atoms with E-state index in [1.807, 2.05) is 6.92 Å². The Morgan fingerprint density at radius 3 is 2.88 bits per heavy atom. The van der Waals surface area contributed by atoms with E-state index in [1.54, 1.807) is 6.08 Å². The number of rotatable bonds is 6. The molecule has 1 aliphatic rings. The predicted molar refractivity (Wildman–Crippen MR) is 67.5 cm³/mol. The lowest BCUT2D eigenvalue weighted by atomic mass is 10.1. The molecular formula is C14H22O3. The van der Waals surface area contributed by atoms with Crippen molar-refractivity contribution in [2.45, 2.75) is 52.1 Å². The lowest BCUT2D eigenvalue weighted by molar-refractivity contribution is -0.139. The maximum atomic E-state index is 11.8. The molecule has 0 spiro atoms. The molecule has 0 radical (unpaired) electrons. The molecule has 1 fully saturated rings. The largest absolute Gasteiger partial charge is 0.490 e. The molecule has 1 atom stereocenters. The van der Waals surface area contributed by atoms with Crippen molar-refractivity contribution in [2.24, 2.45) is 0 Å². The van der Waals surface area contributed by atoms with Crippen molar-refractivity contribution in [3.05, 3.63) is 24.0 Å². The molecule has 0 saturated carbocycles. The molecule has 0 bridgehead atoms. The summed E-state index contributed by atoms with van der Waals surface area (Å²) in [4.78, 5) is 11.8. The second-order valence-corrected chi connectivity index (χ2v) is 4.16. The highest BCUT2D eigenvalue weighted by atomic mass is 16.5. The van der Waals surface area contributed by atoms with Crippen molar-refractivity contribution < 1.29 is 14.3 Å². The molecule has 0 aromatic carbocycles. The number of carbonyl (C=O) groups is 1. The predicted octanol–water partition coefficient (Wildman–Crippen LogP) is 3.36. The van der Waals surface area contributed by atoms with Gasteiger partial charge in [0, 0.05) is 6.42 Å². The lowest BCUT2D eigenvalue weighted by Gasteiger charge is -2.11. The van der Waals surface area contributed by atoms with Gasteiger partial charge in [-0.15, -0.1) is 0 Å². The van der Waals surface area contributed by atoms with Crippen LogP contribution < -0.4 is 0 Å². The summed E-state index contributed by atoms with van der Waals surface area (Å²) >= 11 is 0. The third-order valence-electron chi connectivity index (χ3n) is 2.85. The molecule has 96 valence electrons. The molecule has 0 N–H and O–H groups in total. The highest BCUT2D eigenvalue weighted by Gasteiger charge is 2.25. The summed E-state index contributed by atoms with van der Waals surface area (Å²) in [5.74, 6) is 0.586. The van der Waals surface area contributed by atoms with Gasteiger partial charge in [-0.05, 0) is 26.2 Å². The van der Waals surface area contributed by atoms with Gasteiger partial charge < -0.3 is 9.47 Å². The zero-order chi connectivity index (χ0) is 12.7. The van der Waals surface area contributed by atoms with Gasteiger partial charge in [0.2, 0.25) is 0 Å². The first-order chi connectivity index (χ1) is 8.22. The molecule has 3 heteroatoms. The lowest BCUT2D eigenvalue weighted by Crippen LogP contribution is -2.11. The van der Waals surface area contributed by atoms with E-state index in [1.165, 1.54) is 0 Å². The number of unbranched alkanes of at least 4 members (excludes halogenated alkanes) is 1. The summed E-state index contributed by atoms with van der Waals surface area (Å²) in [6.45, 7) is 8.05. The molecule has 0 amide bonds. The minimum absolute atomic E-state index is 0.0519. The van der Waals surface area contributed by atoms with Gasteiger partial charge in [0.15, 0.2) is 0 Å². The first-order valence-electron chi connectivity index (χ1n) is 6.41. The Morgan fingerprint density at radius 1 is 1.59 bits per heavy atom. The first-order valence-corrected chi connectivity index (χ1v) is 6.41. The van der Waals surface area contributed by atoms with E-state index in [4.69, 9.17) is 9.47 Å². The Morgan fingerprint density at radius 2 is 2.35 bits per heavy atom. The molecule has 1 saturated heterocycles. The molecule has 1 rings (SSSR count). The average Bonchev–Trinajstić information content (AvgIpc) is 2.78. The van der Waals surface area contributed by atoms with Gasteiger partial charge >= 0.3 is 5.97 Å². The van der Waals surface area contributed by atoms with Crippen molar-refractivity contribution in [2.75, 3.05) is 6.61 Å². The Bertz CT molecular complexity index is 305. The number of hydrogen-bond donors (Lipinski definition) is 0. The van der Waals surface area contributed by atoms with Gasteiger partial charge in [-0.2, -0.15) is 0 Å². The monoisotopic (exact) mass is 238 g/mol. The van der Waals surface area contributed by atoms with E-state index < -0.39 is 0 Å². The maximum absolute atomic E-state index is 11.8. The summed E-state index contributed by atoms with van der Waals surface area (Å²) in [5.41, 5.74) is 0.720. The highest BCUT2D eigenvalue weighted by Crippen LogP contribution is 2.29. The van der Waals surface area contributed by atoms with Crippen LogP contribution in [0.2, 0.25) is 0 Å². The topological polar surface area (TPSA) is 35.5 Å². The Balaban J connectivity index is 2.77. The van der Waals surface area contributed by atoms with Crippen molar-refractivity contribution in [1.82, 2.24) is 0 Å². The van der Waals surface area contributed by atoms with Crippen LogP contribution in [-0.4, -0.2) is 18.7 Å². The van der Waals surface area contributed by atoms with E-state index in [0.717, 1.165) is 43.4 Å². The van der Waals surface area contributed by atoms with Crippen molar-refractivity contribution in [3.8, 4) is 0 Å². The molecule has 0 unspecified atom stereocenters. The summed E-state index contributed by atoms with van der Waals surface area (Å²) in [6.07, 6.45) is 6.35. The quantitative estimate of drug-likeness (QED) is 0.404. The molecular weight excluding hydrogens is 216 g/mol. The zero-order valence-electron chi connectivity index (χ0n) is 10.8. The molecule has 0 aromatic rings. The van der Waals surface area contributed by atoms with E-state index in [9.17, 15) is 4.79 Å². The fourth-order valence-corrected chi connectivity index (χ4v) is 1.89. The third-order valence-corrected chi connectivity index (χ3v) is 2.85. The van der Waals surface area contributed by atoms with E-state index >= 15 is 0 Å². The Kier molecular flexibility index (Phi) is 5.81. The van der Waals surface area contributed by atoms with Crippen LogP contribution in [0.5, 0.6) is 0 Å². The van der Waals surface area contributed by atoms with Gasteiger partial charge in [0.25, 0.3) is 0 Å². The summed E-state index contributed by atoms with van der Waals surface area (Å²) in [5, 5.41) is 0. The highest BCUT2D eigenvalue weighted by molar-refractivity contribution is 5.89. The van der Waals surface area contributed by atoms with E-state index in [-0.39, 0.29) is 12.1 Å². The number of ether oxygens (including phenoxy) is 2. The molecule has 17 heavy (non-hydrogen) atoms. The first kappa shape index (κ1) is 13.8. The molecule has 3 nitrogen and oxygen atoms in total. The summed E-state index contributed by atoms with van der Waals surface area (Å²) < 4.78 is 10.8. The molecule has 0 aliphatic carbocycles. The summed E-state index contributed by atoms with van der Waals surface area (Å²) in [7, 11) is 0. The zero-order valence-corrected chi connectivity index (χ0v) is 10.8. The molecule has 0 aromatic heterocycles. The van der Waals surface area contributed by atoms with Crippen LogP contribution in [0.25, 0.3) is 0 Å². The summed E-state index contributed by atoms with van der Waals surface area (Å²) in [6, 6.07) is 0. The van der Waals surface area contributed by atoms with Gasteiger partial charge in [0.05, 0.1) is 12.2 Å². The SMILES string of the molecule is C=C[C@H]1CC/C(=C(/CCCC)C(=O)OCC)O1. The average molecular weight is 238 g/mol. The fraction of sp³-hybridized carbons (Fsp3) is 0.643. The fourth-order valence-electron chi connectivity index (χ4n) is 1.89. The van der Waals surface area contributed by atoms with Crippen molar-refractivity contribution in [1.29, 1.82) is 0 Å². The second-order valence-electron chi connectivity index (χ2n) is 4.16. The van der Waals surface area contributed by atoms with Crippen LogP contribution in [0.15, 0.2) is 24.0 Å². The Labute approximate surface area is 103 Å². The van der Waals surface area contributed by atoms with Crippen LogP contribution in [0, 0.1) is 0 Å². The second kappa shape index (κ2) is 7.15. The van der Waals surface area contributed by atoms with Gasteiger partial charge in [0.1, 0.15) is 11.9 Å². The van der Waals surface area contributed by atoms with Crippen LogP contribution in [0.1, 0.15) is 46.0 Å². The third kappa shape index (κ3) is 3.91. The molecule has 1 aliphatic heterocycles. The Hall–Kier alpha value is -1.25. The van der Waals surface area contributed by atoms with Crippen LogP contribution in [-0.2, 0) is 14.3 Å². The van der Waals surface area contributed by atoms with Gasteiger partial charge in [-0.3, -0.25) is 0 Å². The van der Waals surface area contributed by atoms with E-state index in [0.29, 0.717) is 6.61 Å². The number of allylic oxidation sites excluding steroid dienone is 1. The van der Waals surface area contributed by atoms with Crippen molar-refractivity contribution in [3.63, 3.8) is 0 Å². The smallest absolute Gasteiger partial charge is 0.337 e. The standard InChI is InChI=1S/C14H22O3/c1-4-7-8-12(14(15)16-6-3)13-10-9-11(5-2)17-13/h5,11H,2,4,6-10H2,1,3H3/b13-12+/t11-/m0/s1. The van der Waals surface area contributed by atoms with E-state index in [2.05, 4.69) is 13.5 Å². The molecule has 1 heterocycles. The van der Waals surface area contributed by atoms with Crippen LogP contribution in [0.3, 0.4) is 0 Å². The maximum Gasteiger partial charge on any atom is 0.337 e. The van der Waals surface area contributed by atoms with Crippen molar-refractivity contribution >= 4 is 5.97 Å². The van der Waals surface area contributed by atoms with Gasteiger partial charge in [-0.25, -0.2) is 4.79 Å². The minimum atomic E-state index is -0.222. The van der Waals surface area contributed by atoms with Gasteiger partial charge in [-0.1, -0.05) is 26.0 Å². The number of carbonyl (C=O) groups excluding carboxylic acids is 1. The van der Waals surface area contributed by atoms with Crippen LogP contribution >= 0.6 is 0 Å². The minimum Gasteiger partial charge on any atom is -0.490 e.